The van der Waals surface area contributed by atoms with Gasteiger partial charge in [0.15, 0.2) is 0 Å². The maximum atomic E-state index is 13.3. The molecule has 172 valence electrons. The van der Waals surface area contributed by atoms with Crippen LogP contribution in [0.2, 0.25) is 0 Å². The Kier molecular flexibility index (Phi) is 5.28. The number of nitrogens with zero attached hydrogens (tertiary/aromatic N) is 2. The number of amides is 5. The molecule has 0 spiro atoms. The van der Waals surface area contributed by atoms with E-state index in [1.165, 1.54) is 0 Å². The first-order chi connectivity index (χ1) is 16.4. The highest BCUT2D eigenvalue weighted by molar-refractivity contribution is 6.11. The molecule has 0 radical (unpaired) electrons. The molecule has 5 amide bonds. The van der Waals surface area contributed by atoms with E-state index < -0.39 is 29.9 Å². The number of fused-ring (bicyclic) bond motifs is 1. The molecule has 2 fully saturated rings. The summed E-state index contributed by atoms with van der Waals surface area (Å²) in [5.74, 6) is -1.02. The summed E-state index contributed by atoms with van der Waals surface area (Å²) < 4.78 is 0. The smallest absolute Gasteiger partial charge is 0.323 e. The maximum absolute atomic E-state index is 13.3. The molecule has 3 aromatic carbocycles. The van der Waals surface area contributed by atoms with Crippen molar-refractivity contribution in [2.45, 2.75) is 25.3 Å². The van der Waals surface area contributed by atoms with Gasteiger partial charge in [-0.3, -0.25) is 19.3 Å². The molecule has 0 unspecified atom stereocenters. The maximum Gasteiger partial charge on any atom is 0.325 e. The first-order valence-corrected chi connectivity index (χ1v) is 11.2. The predicted molar refractivity (Wildman–Crippen MR) is 128 cm³/mol. The summed E-state index contributed by atoms with van der Waals surface area (Å²) in [4.78, 5) is 53.6. The molecule has 0 aliphatic carbocycles. The SMILES string of the molecule is C[C@@]1(c2ccc3ccccc3c2)NC(=O)N(CC(=O)Nc2ccccc2N2CCCC2=O)C1=O. The Balaban J connectivity index is 1.34. The molecule has 0 aromatic heterocycles. The molecule has 0 bridgehead atoms. The monoisotopic (exact) mass is 456 g/mol. The molecular weight excluding hydrogens is 432 g/mol. The number of nitrogens with one attached hydrogen (secondary N) is 2. The lowest BCUT2D eigenvalue weighted by molar-refractivity contribution is -0.133. The van der Waals surface area contributed by atoms with Gasteiger partial charge < -0.3 is 15.5 Å². The summed E-state index contributed by atoms with van der Waals surface area (Å²) in [6.45, 7) is 1.79. The molecule has 8 heteroatoms. The van der Waals surface area contributed by atoms with E-state index in [1.54, 1.807) is 36.1 Å². The van der Waals surface area contributed by atoms with Crippen LogP contribution in [-0.4, -0.2) is 41.7 Å². The Morgan fingerprint density at radius 2 is 1.74 bits per heavy atom. The summed E-state index contributed by atoms with van der Waals surface area (Å²) in [5, 5.41) is 7.48. The van der Waals surface area contributed by atoms with Crippen LogP contribution in [0, 0.1) is 0 Å². The molecule has 1 atom stereocenters. The van der Waals surface area contributed by atoms with Crippen molar-refractivity contribution in [3.8, 4) is 0 Å². The van der Waals surface area contributed by atoms with Crippen molar-refractivity contribution in [1.82, 2.24) is 10.2 Å². The first-order valence-electron chi connectivity index (χ1n) is 11.2. The third-order valence-electron chi connectivity index (χ3n) is 6.45. The summed E-state index contributed by atoms with van der Waals surface area (Å²) in [6, 6.07) is 19.7. The van der Waals surface area contributed by atoms with Crippen molar-refractivity contribution in [1.29, 1.82) is 0 Å². The van der Waals surface area contributed by atoms with Gasteiger partial charge in [0.2, 0.25) is 11.8 Å². The fourth-order valence-electron chi connectivity index (χ4n) is 4.59. The zero-order chi connectivity index (χ0) is 23.9. The fraction of sp³-hybridized carbons (Fsp3) is 0.231. The van der Waals surface area contributed by atoms with E-state index in [4.69, 9.17) is 0 Å². The number of imide groups is 1. The minimum atomic E-state index is -1.28. The topological polar surface area (TPSA) is 98.8 Å². The van der Waals surface area contributed by atoms with Crippen LogP contribution in [0.1, 0.15) is 25.3 Å². The number of para-hydroxylation sites is 2. The predicted octanol–water partition coefficient (Wildman–Crippen LogP) is 3.37. The van der Waals surface area contributed by atoms with E-state index in [0.717, 1.165) is 22.1 Å². The Hall–Kier alpha value is -4.20. The lowest BCUT2D eigenvalue weighted by Crippen LogP contribution is -2.42. The first kappa shape index (κ1) is 21.6. The number of rotatable bonds is 5. The average Bonchev–Trinajstić information content (AvgIpc) is 3.35. The van der Waals surface area contributed by atoms with Crippen molar-refractivity contribution < 1.29 is 19.2 Å². The number of anilines is 2. The second-order valence-corrected chi connectivity index (χ2v) is 8.72. The zero-order valence-corrected chi connectivity index (χ0v) is 18.7. The van der Waals surface area contributed by atoms with Crippen LogP contribution < -0.4 is 15.5 Å². The molecule has 0 saturated carbocycles. The fourth-order valence-corrected chi connectivity index (χ4v) is 4.59. The molecule has 34 heavy (non-hydrogen) atoms. The molecule has 2 saturated heterocycles. The minimum absolute atomic E-state index is 0.00180. The van der Waals surface area contributed by atoms with Crippen molar-refractivity contribution in [2.75, 3.05) is 23.3 Å². The Morgan fingerprint density at radius 1 is 1.00 bits per heavy atom. The van der Waals surface area contributed by atoms with Crippen molar-refractivity contribution in [3.63, 3.8) is 0 Å². The van der Waals surface area contributed by atoms with Gasteiger partial charge in [0.1, 0.15) is 12.1 Å². The van der Waals surface area contributed by atoms with Gasteiger partial charge in [-0.05, 0) is 47.9 Å². The molecule has 2 heterocycles. The van der Waals surface area contributed by atoms with E-state index in [-0.39, 0.29) is 5.91 Å². The molecule has 8 nitrogen and oxygen atoms in total. The largest absolute Gasteiger partial charge is 0.325 e. The third-order valence-corrected chi connectivity index (χ3v) is 6.45. The highest BCUT2D eigenvalue weighted by atomic mass is 16.2. The van der Waals surface area contributed by atoms with Gasteiger partial charge in [0, 0.05) is 13.0 Å². The normalized spacial score (nSPS) is 20.2. The summed E-state index contributed by atoms with van der Waals surface area (Å²) in [6.07, 6.45) is 1.23. The van der Waals surface area contributed by atoms with Gasteiger partial charge in [-0.2, -0.15) is 0 Å². The second-order valence-electron chi connectivity index (χ2n) is 8.72. The van der Waals surface area contributed by atoms with Crippen LogP contribution in [-0.2, 0) is 19.9 Å². The number of carbonyl (C=O) groups excluding carboxylic acids is 4. The third kappa shape index (κ3) is 3.67. The van der Waals surface area contributed by atoms with Gasteiger partial charge in [0.05, 0.1) is 11.4 Å². The van der Waals surface area contributed by atoms with E-state index in [9.17, 15) is 19.2 Å². The number of carbonyl (C=O) groups is 4. The van der Waals surface area contributed by atoms with Crippen LogP contribution in [0.15, 0.2) is 66.7 Å². The molecule has 2 aliphatic heterocycles. The molecule has 3 aromatic rings. The standard InChI is InChI=1S/C26H24N4O4/c1-26(19-13-12-17-7-2-3-8-18(17)15-19)24(33)30(25(34)28-26)16-22(31)27-20-9-4-5-10-21(20)29-14-6-11-23(29)32/h2-5,7-10,12-13,15H,6,11,14,16H2,1H3,(H,27,31)(H,28,34)/t26-/m0/s1. The number of benzene rings is 3. The number of urea groups is 1. The van der Waals surface area contributed by atoms with E-state index in [2.05, 4.69) is 10.6 Å². The minimum Gasteiger partial charge on any atom is -0.323 e. The Morgan fingerprint density at radius 3 is 2.50 bits per heavy atom. The molecule has 5 rings (SSSR count). The second kappa shape index (κ2) is 8.30. The highest BCUT2D eigenvalue weighted by Crippen LogP contribution is 2.32. The van der Waals surface area contributed by atoms with Gasteiger partial charge in [-0.15, -0.1) is 0 Å². The van der Waals surface area contributed by atoms with Gasteiger partial charge in [-0.1, -0.05) is 48.5 Å². The van der Waals surface area contributed by atoms with E-state index in [0.29, 0.717) is 29.9 Å². The molecule has 2 aliphatic rings. The van der Waals surface area contributed by atoms with Gasteiger partial charge >= 0.3 is 6.03 Å². The van der Waals surface area contributed by atoms with Crippen LogP contribution in [0.3, 0.4) is 0 Å². The highest BCUT2D eigenvalue weighted by Gasteiger charge is 2.49. The average molecular weight is 457 g/mol. The summed E-state index contributed by atoms with van der Waals surface area (Å²) in [7, 11) is 0. The quantitative estimate of drug-likeness (QED) is 0.575. The molecule has 2 N–H and O–H groups in total. The summed E-state index contributed by atoms with van der Waals surface area (Å²) >= 11 is 0. The zero-order valence-electron chi connectivity index (χ0n) is 18.7. The number of hydrogen-bond acceptors (Lipinski definition) is 4. The van der Waals surface area contributed by atoms with Crippen LogP contribution >= 0.6 is 0 Å². The van der Waals surface area contributed by atoms with Crippen LogP contribution in [0.5, 0.6) is 0 Å². The van der Waals surface area contributed by atoms with Gasteiger partial charge in [0.25, 0.3) is 5.91 Å². The van der Waals surface area contributed by atoms with E-state index >= 15 is 0 Å². The van der Waals surface area contributed by atoms with Crippen molar-refractivity contribution in [2.24, 2.45) is 0 Å². The lowest BCUT2D eigenvalue weighted by Gasteiger charge is -2.23. The Bertz CT molecular complexity index is 1340. The van der Waals surface area contributed by atoms with Crippen LogP contribution in [0.4, 0.5) is 16.2 Å². The van der Waals surface area contributed by atoms with Gasteiger partial charge in [-0.25, -0.2) is 4.79 Å². The van der Waals surface area contributed by atoms with Crippen molar-refractivity contribution in [3.05, 3.63) is 72.3 Å². The summed E-state index contributed by atoms with van der Waals surface area (Å²) in [5.41, 5.74) is 0.440. The van der Waals surface area contributed by atoms with Crippen molar-refractivity contribution >= 4 is 45.9 Å². The van der Waals surface area contributed by atoms with Crippen LogP contribution in [0.25, 0.3) is 10.8 Å². The lowest BCUT2D eigenvalue weighted by atomic mass is 9.90. The molecular formula is C26H24N4O4. The van der Waals surface area contributed by atoms with E-state index in [1.807, 2.05) is 42.5 Å². The Labute approximate surface area is 196 Å². The number of hydrogen-bond donors (Lipinski definition) is 2.